The largest absolute Gasteiger partial charge is 0.392 e. The lowest BCUT2D eigenvalue weighted by atomic mass is 10.0. The third-order valence-electron chi connectivity index (χ3n) is 4.14. The van der Waals surface area contributed by atoms with Crippen molar-refractivity contribution in [1.29, 1.82) is 0 Å². The molecule has 0 amide bonds. The molecule has 0 spiro atoms. The van der Waals surface area contributed by atoms with Crippen molar-refractivity contribution in [3.8, 4) is 0 Å². The van der Waals surface area contributed by atoms with Crippen LogP contribution in [0.5, 0.6) is 0 Å². The topological polar surface area (TPSA) is 65.4 Å². The van der Waals surface area contributed by atoms with Gasteiger partial charge in [0, 0.05) is 23.8 Å². The van der Waals surface area contributed by atoms with Crippen molar-refractivity contribution in [2.24, 2.45) is 0 Å². The summed E-state index contributed by atoms with van der Waals surface area (Å²) < 4.78 is 0. The van der Waals surface area contributed by atoms with Crippen molar-refractivity contribution in [3.63, 3.8) is 0 Å². The van der Waals surface area contributed by atoms with Gasteiger partial charge in [0.05, 0.1) is 18.7 Å². The van der Waals surface area contributed by atoms with Crippen LogP contribution in [0.15, 0.2) is 54.7 Å². The number of anilines is 1. The molecule has 24 heavy (non-hydrogen) atoms. The summed E-state index contributed by atoms with van der Waals surface area (Å²) in [6.45, 7) is 1.31. The van der Waals surface area contributed by atoms with Gasteiger partial charge < -0.3 is 15.5 Å². The number of rotatable bonds is 2. The molecular weight excluding hydrogens is 300 g/mol. The fourth-order valence-electron chi connectivity index (χ4n) is 2.85. The van der Waals surface area contributed by atoms with E-state index in [2.05, 4.69) is 22.4 Å². The Balaban J connectivity index is 0.000000141. The highest BCUT2D eigenvalue weighted by atomic mass is 16.3. The van der Waals surface area contributed by atoms with E-state index in [9.17, 15) is 0 Å². The summed E-state index contributed by atoms with van der Waals surface area (Å²) >= 11 is 0. The summed E-state index contributed by atoms with van der Waals surface area (Å²) in [5, 5.41) is 22.2. The molecule has 0 fully saturated rings. The molecule has 0 bridgehead atoms. The average Bonchev–Trinajstić information content (AvgIpc) is 2.67. The third kappa shape index (κ3) is 3.91. The second kappa shape index (κ2) is 7.90. The lowest BCUT2D eigenvalue weighted by Crippen LogP contribution is -2.11. The first-order valence-electron chi connectivity index (χ1n) is 8.21. The molecule has 4 nitrogen and oxygen atoms in total. The van der Waals surface area contributed by atoms with Crippen LogP contribution < -0.4 is 5.32 Å². The average molecular weight is 322 g/mol. The molecule has 0 radical (unpaired) electrons. The van der Waals surface area contributed by atoms with E-state index in [0.717, 1.165) is 35.0 Å². The lowest BCUT2D eigenvalue weighted by molar-refractivity contribution is 0.281. The van der Waals surface area contributed by atoms with Crippen molar-refractivity contribution in [2.45, 2.75) is 26.1 Å². The summed E-state index contributed by atoms with van der Waals surface area (Å²) in [6, 6.07) is 15.7. The van der Waals surface area contributed by atoms with Gasteiger partial charge in [-0.15, -0.1) is 0 Å². The molecular formula is C20H22N2O2. The second-order valence-electron chi connectivity index (χ2n) is 5.87. The van der Waals surface area contributed by atoms with Crippen LogP contribution in [0, 0.1) is 0 Å². The smallest absolute Gasteiger partial charge is 0.0702 e. The molecule has 1 aromatic heterocycles. The molecule has 3 N–H and O–H groups in total. The highest BCUT2D eigenvalue weighted by Crippen LogP contribution is 2.22. The highest BCUT2D eigenvalue weighted by molar-refractivity contribution is 5.78. The van der Waals surface area contributed by atoms with Crippen LogP contribution in [0.4, 0.5) is 5.69 Å². The van der Waals surface area contributed by atoms with E-state index in [-0.39, 0.29) is 13.2 Å². The summed E-state index contributed by atoms with van der Waals surface area (Å²) in [7, 11) is 0. The van der Waals surface area contributed by atoms with Crippen molar-refractivity contribution < 1.29 is 10.2 Å². The number of aliphatic hydroxyl groups excluding tert-OH is 2. The lowest BCUT2D eigenvalue weighted by Gasteiger charge is -2.18. The Labute approximate surface area is 141 Å². The van der Waals surface area contributed by atoms with E-state index in [1.165, 1.54) is 17.7 Å². The van der Waals surface area contributed by atoms with Crippen LogP contribution in [0.2, 0.25) is 0 Å². The zero-order valence-electron chi connectivity index (χ0n) is 13.6. The van der Waals surface area contributed by atoms with Gasteiger partial charge >= 0.3 is 0 Å². The highest BCUT2D eigenvalue weighted by Gasteiger charge is 2.07. The predicted molar refractivity (Wildman–Crippen MR) is 96.8 cm³/mol. The van der Waals surface area contributed by atoms with E-state index in [1.807, 2.05) is 36.4 Å². The van der Waals surface area contributed by atoms with Crippen molar-refractivity contribution >= 4 is 16.6 Å². The van der Waals surface area contributed by atoms with E-state index in [0.29, 0.717) is 0 Å². The van der Waals surface area contributed by atoms with Gasteiger partial charge in [-0.2, -0.15) is 0 Å². The molecule has 1 aliphatic rings. The number of nitrogens with one attached hydrogen (secondary N) is 1. The van der Waals surface area contributed by atoms with Gasteiger partial charge in [0.15, 0.2) is 0 Å². The molecule has 0 aliphatic carbocycles. The number of nitrogens with zero attached hydrogens (tertiary/aromatic N) is 1. The molecule has 3 aromatic rings. The fraction of sp³-hybridized carbons (Fsp3) is 0.250. The Morgan fingerprint density at radius 3 is 2.58 bits per heavy atom. The van der Waals surface area contributed by atoms with Gasteiger partial charge in [0.2, 0.25) is 0 Å². The van der Waals surface area contributed by atoms with Crippen molar-refractivity contribution in [3.05, 3.63) is 71.4 Å². The molecule has 0 saturated carbocycles. The van der Waals surface area contributed by atoms with E-state index >= 15 is 0 Å². The van der Waals surface area contributed by atoms with Crippen molar-refractivity contribution in [2.75, 3.05) is 11.9 Å². The normalized spacial score (nSPS) is 12.8. The standard InChI is InChI=1S/C10H13NO.C10H9NO/c2*12-7-8-3-4-10-9(6-8)2-1-5-11-10/h3-4,6,11-12H,1-2,5,7H2;1-6,12H,7H2. The number of hydrogen-bond acceptors (Lipinski definition) is 4. The third-order valence-corrected chi connectivity index (χ3v) is 4.14. The number of aromatic nitrogens is 1. The van der Waals surface area contributed by atoms with Crippen LogP contribution in [0.3, 0.4) is 0 Å². The SMILES string of the molecule is OCc1ccc2c(c1)CCCN2.OCc1ccc2ncccc2c1. The molecule has 0 atom stereocenters. The van der Waals surface area contributed by atoms with Crippen LogP contribution >= 0.6 is 0 Å². The quantitative estimate of drug-likeness (QED) is 0.677. The number of pyridine rings is 1. The van der Waals surface area contributed by atoms with Gasteiger partial charge in [-0.1, -0.05) is 24.3 Å². The molecule has 2 heterocycles. The van der Waals surface area contributed by atoms with Gasteiger partial charge in [-0.25, -0.2) is 0 Å². The number of fused-ring (bicyclic) bond motifs is 2. The van der Waals surface area contributed by atoms with Crippen LogP contribution in [-0.2, 0) is 19.6 Å². The Hall–Kier alpha value is -2.43. The van der Waals surface area contributed by atoms with Gasteiger partial charge in [-0.3, -0.25) is 4.98 Å². The number of aryl methyl sites for hydroxylation is 1. The Bertz CT molecular complexity index is 818. The van der Waals surface area contributed by atoms with Gasteiger partial charge in [-0.05, 0) is 53.8 Å². The second-order valence-corrected chi connectivity index (χ2v) is 5.87. The molecule has 4 rings (SSSR count). The maximum absolute atomic E-state index is 8.92. The predicted octanol–water partition coefficient (Wildman–Crippen LogP) is 3.26. The molecule has 0 saturated heterocycles. The van der Waals surface area contributed by atoms with Crippen LogP contribution in [-0.4, -0.2) is 21.7 Å². The van der Waals surface area contributed by atoms with Crippen LogP contribution in [0.1, 0.15) is 23.1 Å². The molecule has 4 heteroatoms. The maximum atomic E-state index is 8.92. The summed E-state index contributed by atoms with van der Waals surface area (Å²) in [5.41, 5.74) is 5.48. The minimum atomic E-state index is 0.0881. The van der Waals surface area contributed by atoms with E-state index in [4.69, 9.17) is 10.2 Å². The monoisotopic (exact) mass is 322 g/mol. The number of benzene rings is 2. The summed E-state index contributed by atoms with van der Waals surface area (Å²) in [5.74, 6) is 0. The van der Waals surface area contributed by atoms with E-state index in [1.54, 1.807) is 6.20 Å². The van der Waals surface area contributed by atoms with Gasteiger partial charge in [0.1, 0.15) is 0 Å². The van der Waals surface area contributed by atoms with E-state index < -0.39 is 0 Å². The zero-order chi connectivity index (χ0) is 16.8. The first-order chi connectivity index (χ1) is 11.8. The Morgan fingerprint density at radius 1 is 0.958 bits per heavy atom. The van der Waals surface area contributed by atoms with Crippen LogP contribution in [0.25, 0.3) is 10.9 Å². The molecule has 0 unspecified atom stereocenters. The minimum absolute atomic E-state index is 0.0881. The Morgan fingerprint density at radius 2 is 1.75 bits per heavy atom. The molecule has 2 aromatic carbocycles. The van der Waals surface area contributed by atoms with Gasteiger partial charge in [0.25, 0.3) is 0 Å². The Kier molecular flexibility index (Phi) is 5.41. The molecule has 124 valence electrons. The fourth-order valence-corrected chi connectivity index (χ4v) is 2.85. The van der Waals surface area contributed by atoms with Crippen molar-refractivity contribution in [1.82, 2.24) is 4.98 Å². The number of hydrogen-bond donors (Lipinski definition) is 3. The first-order valence-corrected chi connectivity index (χ1v) is 8.21. The first kappa shape index (κ1) is 16.4. The minimum Gasteiger partial charge on any atom is -0.392 e. The zero-order valence-corrected chi connectivity index (χ0v) is 13.6. The summed E-state index contributed by atoms with van der Waals surface area (Å²) in [6.07, 6.45) is 4.10. The summed E-state index contributed by atoms with van der Waals surface area (Å²) in [4.78, 5) is 4.17. The molecule has 1 aliphatic heterocycles. The maximum Gasteiger partial charge on any atom is 0.0702 e. The number of aliphatic hydroxyl groups is 2.